The molecule has 1 heterocycles. The van der Waals surface area contributed by atoms with Gasteiger partial charge in [0, 0.05) is 12.9 Å². The number of fused-ring (bicyclic) bond motifs is 1. The van der Waals surface area contributed by atoms with Gasteiger partial charge in [-0.3, -0.25) is 10.1 Å². The van der Waals surface area contributed by atoms with Gasteiger partial charge in [-0.05, 0) is 82.4 Å². The van der Waals surface area contributed by atoms with Crippen molar-refractivity contribution >= 4 is 60.9 Å². The number of halogens is 2. The Bertz CT molecular complexity index is 648. The van der Waals surface area contributed by atoms with Crippen LogP contribution in [0.15, 0.2) is 22.7 Å². The van der Waals surface area contributed by atoms with Gasteiger partial charge in [-0.2, -0.15) is 0 Å². The molecule has 1 N–H and O–H groups in total. The van der Waals surface area contributed by atoms with Gasteiger partial charge in [-0.15, -0.1) is 11.3 Å². The van der Waals surface area contributed by atoms with Crippen molar-refractivity contribution in [2.75, 3.05) is 5.32 Å². The van der Waals surface area contributed by atoms with E-state index in [1.807, 2.05) is 18.2 Å². The van der Waals surface area contributed by atoms with Crippen LogP contribution >= 0.6 is 49.9 Å². The molecule has 20 heavy (non-hydrogen) atoms. The zero-order valence-corrected chi connectivity index (χ0v) is 15.1. The molecule has 0 radical (unpaired) electrons. The summed E-state index contributed by atoms with van der Waals surface area (Å²) < 4.78 is 1.84. The van der Waals surface area contributed by atoms with Crippen LogP contribution in [-0.2, 0) is 12.8 Å². The van der Waals surface area contributed by atoms with Crippen LogP contribution < -0.4 is 5.32 Å². The van der Waals surface area contributed by atoms with Crippen LogP contribution in [0.4, 0.5) is 5.13 Å². The van der Waals surface area contributed by atoms with Gasteiger partial charge >= 0.3 is 0 Å². The summed E-state index contributed by atoms with van der Waals surface area (Å²) in [6.45, 7) is 0. The summed E-state index contributed by atoms with van der Waals surface area (Å²) in [5, 5.41) is 3.63. The molecule has 0 aliphatic heterocycles. The summed E-state index contributed by atoms with van der Waals surface area (Å²) >= 11 is 7.23. The predicted molar refractivity (Wildman–Crippen MR) is 93.6 cm³/mol. The lowest BCUT2D eigenvalue weighted by Crippen LogP contribution is -2.12. The summed E-state index contributed by atoms with van der Waals surface area (Å²) in [6, 6.07) is 5.72. The number of carbonyl (C=O) groups is 1. The highest BCUT2D eigenvalue weighted by Crippen LogP contribution is 2.30. The fraction of sp³-hybridized carbons (Fsp3) is 0.286. The van der Waals surface area contributed by atoms with E-state index in [4.69, 9.17) is 0 Å². The maximum atomic E-state index is 12.3. The Morgan fingerprint density at radius 2 is 2.15 bits per heavy atom. The van der Waals surface area contributed by atoms with Gasteiger partial charge < -0.3 is 0 Å². The summed E-state index contributed by atoms with van der Waals surface area (Å²) in [5.41, 5.74) is 1.81. The van der Waals surface area contributed by atoms with Gasteiger partial charge in [0.1, 0.15) is 0 Å². The third-order valence-corrected chi connectivity index (χ3v) is 5.67. The molecule has 0 fully saturated rings. The Kier molecular flexibility index (Phi) is 4.42. The number of hydrogen-bond donors (Lipinski definition) is 1. The Morgan fingerprint density at radius 1 is 1.35 bits per heavy atom. The first-order valence-corrected chi connectivity index (χ1v) is 9.07. The second-order valence-corrected chi connectivity index (χ2v) is 7.86. The molecule has 2 aromatic rings. The molecule has 1 aliphatic rings. The maximum Gasteiger partial charge on any atom is 0.258 e. The van der Waals surface area contributed by atoms with Crippen LogP contribution in [0, 0.1) is 3.57 Å². The molecule has 104 valence electrons. The standard InChI is InChI=1S/C14H12BrIN2OS/c15-10-6-5-8(16)7-9(10)13(19)18-14-17-11-3-1-2-4-12(11)20-14/h5-7H,1-4H2,(H,17,18,19). The van der Waals surface area contributed by atoms with Gasteiger partial charge in [0.05, 0.1) is 11.3 Å². The molecule has 3 rings (SSSR count). The fourth-order valence-corrected chi connectivity index (χ4v) is 4.20. The van der Waals surface area contributed by atoms with Gasteiger partial charge in [0.25, 0.3) is 5.91 Å². The maximum absolute atomic E-state index is 12.3. The number of aromatic nitrogens is 1. The zero-order chi connectivity index (χ0) is 14.1. The first-order valence-electron chi connectivity index (χ1n) is 6.38. The molecule has 0 atom stereocenters. The number of nitrogens with zero attached hydrogens (tertiary/aromatic N) is 1. The molecule has 0 unspecified atom stereocenters. The molecule has 0 saturated carbocycles. The van der Waals surface area contributed by atoms with Crippen molar-refractivity contribution in [3.63, 3.8) is 0 Å². The van der Waals surface area contributed by atoms with Crippen LogP contribution in [0.3, 0.4) is 0 Å². The Balaban J connectivity index is 1.82. The van der Waals surface area contributed by atoms with E-state index in [2.05, 4.69) is 48.8 Å². The topological polar surface area (TPSA) is 42.0 Å². The van der Waals surface area contributed by atoms with Gasteiger partial charge in [-0.1, -0.05) is 0 Å². The van der Waals surface area contributed by atoms with Crippen molar-refractivity contribution in [3.05, 3.63) is 42.4 Å². The number of carbonyl (C=O) groups excluding carboxylic acids is 1. The third kappa shape index (κ3) is 3.07. The largest absolute Gasteiger partial charge is 0.298 e. The van der Waals surface area contributed by atoms with Crippen molar-refractivity contribution in [3.8, 4) is 0 Å². The first-order chi connectivity index (χ1) is 9.63. The first kappa shape index (κ1) is 14.5. The summed E-state index contributed by atoms with van der Waals surface area (Å²) in [7, 11) is 0. The molecule has 1 amide bonds. The summed E-state index contributed by atoms with van der Waals surface area (Å²) in [6.07, 6.45) is 4.56. The predicted octanol–water partition coefficient (Wildman–Crippen LogP) is 4.64. The average molecular weight is 463 g/mol. The second kappa shape index (κ2) is 6.11. The molecule has 1 aliphatic carbocycles. The van der Waals surface area contributed by atoms with Crippen LogP contribution in [0.1, 0.15) is 33.8 Å². The van der Waals surface area contributed by atoms with Crippen LogP contribution in [0.2, 0.25) is 0 Å². The SMILES string of the molecule is O=C(Nc1nc2c(s1)CCCC2)c1cc(I)ccc1Br. The quantitative estimate of drug-likeness (QED) is 0.660. The Hall–Kier alpha value is -0.470. The molecule has 3 nitrogen and oxygen atoms in total. The fourth-order valence-electron chi connectivity index (χ4n) is 2.24. The minimum Gasteiger partial charge on any atom is -0.298 e. The van der Waals surface area contributed by atoms with E-state index in [0.717, 1.165) is 20.9 Å². The van der Waals surface area contributed by atoms with E-state index >= 15 is 0 Å². The Morgan fingerprint density at radius 3 is 2.95 bits per heavy atom. The lowest BCUT2D eigenvalue weighted by Gasteiger charge is -2.06. The van der Waals surface area contributed by atoms with Crippen molar-refractivity contribution in [1.29, 1.82) is 0 Å². The third-order valence-electron chi connectivity index (χ3n) is 3.24. The van der Waals surface area contributed by atoms with Gasteiger partial charge in [0.2, 0.25) is 0 Å². The molecule has 0 saturated heterocycles. The molecule has 1 aromatic heterocycles. The minimum absolute atomic E-state index is 0.110. The number of aryl methyl sites for hydroxylation is 2. The van der Waals surface area contributed by atoms with E-state index in [1.54, 1.807) is 11.3 Å². The smallest absolute Gasteiger partial charge is 0.258 e. The molecular formula is C14H12BrIN2OS. The molecule has 1 aromatic carbocycles. The van der Waals surface area contributed by atoms with E-state index in [0.29, 0.717) is 10.7 Å². The second-order valence-electron chi connectivity index (χ2n) is 4.67. The lowest BCUT2D eigenvalue weighted by molar-refractivity contribution is 0.102. The summed E-state index contributed by atoms with van der Waals surface area (Å²) in [4.78, 5) is 18.2. The molecule has 6 heteroatoms. The molecule has 0 bridgehead atoms. The number of thiazole rings is 1. The number of nitrogens with one attached hydrogen (secondary N) is 1. The highest BCUT2D eigenvalue weighted by molar-refractivity contribution is 14.1. The van der Waals surface area contributed by atoms with E-state index < -0.39 is 0 Å². The van der Waals surface area contributed by atoms with E-state index in [9.17, 15) is 4.79 Å². The highest BCUT2D eigenvalue weighted by atomic mass is 127. The van der Waals surface area contributed by atoms with Crippen molar-refractivity contribution in [1.82, 2.24) is 4.98 Å². The lowest BCUT2D eigenvalue weighted by atomic mass is 10.0. The van der Waals surface area contributed by atoms with Crippen molar-refractivity contribution < 1.29 is 4.79 Å². The minimum atomic E-state index is -0.110. The zero-order valence-electron chi connectivity index (χ0n) is 10.6. The number of anilines is 1. The van der Waals surface area contributed by atoms with Crippen molar-refractivity contribution in [2.45, 2.75) is 25.7 Å². The normalized spacial score (nSPS) is 13.9. The number of rotatable bonds is 2. The number of amides is 1. The van der Waals surface area contributed by atoms with Crippen LogP contribution in [0.25, 0.3) is 0 Å². The van der Waals surface area contributed by atoms with E-state index in [-0.39, 0.29) is 5.91 Å². The monoisotopic (exact) mass is 462 g/mol. The van der Waals surface area contributed by atoms with Gasteiger partial charge in [0.15, 0.2) is 5.13 Å². The number of hydrogen-bond acceptors (Lipinski definition) is 3. The Labute approximate surface area is 143 Å². The van der Waals surface area contributed by atoms with Crippen molar-refractivity contribution in [2.24, 2.45) is 0 Å². The van der Waals surface area contributed by atoms with Crippen LogP contribution in [-0.4, -0.2) is 10.9 Å². The molecule has 0 spiro atoms. The van der Waals surface area contributed by atoms with E-state index in [1.165, 1.54) is 23.4 Å². The number of benzene rings is 1. The van der Waals surface area contributed by atoms with Gasteiger partial charge in [-0.25, -0.2) is 4.98 Å². The summed E-state index contributed by atoms with van der Waals surface area (Å²) in [5.74, 6) is -0.110. The van der Waals surface area contributed by atoms with Crippen LogP contribution in [0.5, 0.6) is 0 Å². The molecular weight excluding hydrogens is 451 g/mol. The average Bonchev–Trinajstić information content (AvgIpc) is 2.83. The highest BCUT2D eigenvalue weighted by Gasteiger charge is 2.17.